The van der Waals surface area contributed by atoms with Gasteiger partial charge in [-0.05, 0) is 50.8 Å². The summed E-state index contributed by atoms with van der Waals surface area (Å²) in [4.78, 5) is 37.3. The minimum absolute atomic E-state index is 0. The fourth-order valence-electron chi connectivity index (χ4n) is 3.32. The first kappa shape index (κ1) is 23.0. The number of halogens is 1. The second kappa shape index (κ2) is 11.6. The number of hydrogen-bond acceptors (Lipinski definition) is 4. The van der Waals surface area contributed by atoms with Crippen molar-refractivity contribution in [3.05, 3.63) is 12.2 Å². The lowest BCUT2D eigenvalue weighted by Crippen LogP contribution is -2.46. The van der Waals surface area contributed by atoms with Crippen molar-refractivity contribution < 1.29 is 19.5 Å². The molecule has 3 N–H and O–H groups in total. The Labute approximate surface area is 166 Å². The van der Waals surface area contributed by atoms with Crippen molar-refractivity contribution in [2.75, 3.05) is 32.7 Å². The fourth-order valence-corrected chi connectivity index (χ4v) is 3.32. The molecule has 2 atom stereocenters. The molecule has 27 heavy (non-hydrogen) atoms. The number of nitrogens with zero attached hydrogens (tertiary/aromatic N) is 1. The molecule has 0 aromatic carbocycles. The Hall–Kier alpha value is -2.04. The van der Waals surface area contributed by atoms with E-state index >= 15 is 0 Å². The zero-order chi connectivity index (χ0) is 18.9. The molecule has 0 spiro atoms. The van der Waals surface area contributed by atoms with Crippen molar-refractivity contribution in [2.45, 2.75) is 25.7 Å². The van der Waals surface area contributed by atoms with Gasteiger partial charge in [0.1, 0.15) is 5.92 Å². The molecule has 0 aliphatic carbocycles. The first-order chi connectivity index (χ1) is 12.5. The maximum atomic E-state index is 12.4. The molecule has 2 amide bonds. The third kappa shape index (κ3) is 7.24. The molecular weight excluding hydrogens is 370 g/mol. The second-order valence-electron chi connectivity index (χ2n) is 6.87. The summed E-state index contributed by atoms with van der Waals surface area (Å²) < 4.78 is 0. The van der Waals surface area contributed by atoms with Crippen LogP contribution in [-0.2, 0) is 14.4 Å². The first-order valence-electron chi connectivity index (χ1n) is 9.15. The van der Waals surface area contributed by atoms with E-state index in [1.54, 1.807) is 11.0 Å². The van der Waals surface area contributed by atoms with Crippen LogP contribution >= 0.6 is 12.4 Å². The predicted molar refractivity (Wildman–Crippen MR) is 104 cm³/mol. The third-order valence-electron chi connectivity index (χ3n) is 4.98. The Bertz CT molecular complexity index is 596. The lowest BCUT2D eigenvalue weighted by atomic mass is 9.96. The number of aliphatic carboxylic acids is 1. The summed E-state index contributed by atoms with van der Waals surface area (Å²) in [6.45, 7) is 2.86. The number of hydrogen-bond donors (Lipinski definition) is 3. The van der Waals surface area contributed by atoms with Gasteiger partial charge in [0, 0.05) is 19.6 Å². The molecule has 8 heteroatoms. The minimum atomic E-state index is -1.13. The van der Waals surface area contributed by atoms with Gasteiger partial charge in [-0.15, -0.1) is 18.8 Å². The Morgan fingerprint density at radius 3 is 2.63 bits per heavy atom. The SMILES string of the molecule is C#C[C@@H](CNC(=O)C1CCCN(C(=O)/C=C/C2CCNCC2)C1)C(=O)O.Cl. The van der Waals surface area contributed by atoms with E-state index in [0.29, 0.717) is 25.4 Å². The third-order valence-corrected chi connectivity index (χ3v) is 4.98. The largest absolute Gasteiger partial charge is 0.480 e. The summed E-state index contributed by atoms with van der Waals surface area (Å²) in [6.07, 6.45) is 12.3. The predicted octanol–water partition coefficient (Wildman–Crippen LogP) is 0.653. The van der Waals surface area contributed by atoms with Crippen molar-refractivity contribution >= 4 is 30.2 Å². The summed E-state index contributed by atoms with van der Waals surface area (Å²) in [7, 11) is 0. The highest BCUT2D eigenvalue weighted by atomic mass is 35.5. The van der Waals surface area contributed by atoms with Crippen molar-refractivity contribution in [2.24, 2.45) is 17.8 Å². The number of allylic oxidation sites excluding steroid dienone is 1. The van der Waals surface area contributed by atoms with Crippen LogP contribution in [0.2, 0.25) is 0 Å². The highest BCUT2D eigenvalue weighted by Crippen LogP contribution is 2.18. The van der Waals surface area contributed by atoms with Gasteiger partial charge in [-0.3, -0.25) is 14.4 Å². The fraction of sp³-hybridized carbons (Fsp3) is 0.632. The second-order valence-corrected chi connectivity index (χ2v) is 6.87. The number of nitrogens with one attached hydrogen (secondary N) is 2. The molecule has 2 saturated heterocycles. The number of likely N-dealkylation sites (tertiary alicyclic amines) is 1. The normalized spacial score (nSPS) is 21.7. The Morgan fingerprint density at radius 2 is 2.00 bits per heavy atom. The van der Waals surface area contributed by atoms with E-state index in [1.807, 2.05) is 6.08 Å². The van der Waals surface area contributed by atoms with E-state index in [1.165, 1.54) is 0 Å². The van der Waals surface area contributed by atoms with Gasteiger partial charge in [-0.25, -0.2) is 0 Å². The van der Waals surface area contributed by atoms with Crippen LogP contribution in [0.15, 0.2) is 12.2 Å². The average Bonchev–Trinajstić information content (AvgIpc) is 2.67. The number of terminal acetylenes is 1. The maximum absolute atomic E-state index is 12.4. The monoisotopic (exact) mass is 397 g/mol. The van der Waals surface area contributed by atoms with Gasteiger partial charge in [-0.2, -0.15) is 0 Å². The number of rotatable bonds is 6. The molecule has 0 saturated carbocycles. The number of carboxylic acid groups (broad SMARTS) is 1. The van der Waals surface area contributed by atoms with Crippen LogP contribution in [0, 0.1) is 30.1 Å². The summed E-state index contributed by atoms with van der Waals surface area (Å²) in [5, 5.41) is 14.8. The van der Waals surface area contributed by atoms with Gasteiger partial charge in [0.05, 0.1) is 5.92 Å². The standard InChI is InChI=1S/C19H27N3O4.ClH/c1-2-15(19(25)26)12-21-18(24)16-4-3-11-22(13-16)17(23)6-5-14-7-9-20-10-8-14;/h1,5-6,14-16,20H,3-4,7-13H2,(H,21,24)(H,25,26);1H/b6-5+;/t15-,16?;/m0./s1. The van der Waals surface area contributed by atoms with E-state index in [0.717, 1.165) is 32.4 Å². The molecule has 0 aromatic rings. The zero-order valence-corrected chi connectivity index (χ0v) is 16.2. The maximum Gasteiger partial charge on any atom is 0.320 e. The molecule has 150 valence electrons. The summed E-state index contributed by atoms with van der Waals surface area (Å²) in [5.74, 6) is -0.222. The van der Waals surface area contributed by atoms with Gasteiger partial charge >= 0.3 is 5.97 Å². The van der Waals surface area contributed by atoms with Crippen molar-refractivity contribution in [3.63, 3.8) is 0 Å². The van der Waals surface area contributed by atoms with E-state index in [9.17, 15) is 14.4 Å². The summed E-state index contributed by atoms with van der Waals surface area (Å²) in [5.41, 5.74) is 0. The van der Waals surface area contributed by atoms with Crippen molar-refractivity contribution in [3.8, 4) is 12.3 Å². The Balaban J connectivity index is 0.00000364. The Morgan fingerprint density at radius 1 is 1.30 bits per heavy atom. The molecule has 2 heterocycles. The van der Waals surface area contributed by atoms with Crippen LogP contribution in [0.1, 0.15) is 25.7 Å². The molecule has 1 unspecified atom stereocenters. The molecule has 2 fully saturated rings. The molecule has 0 bridgehead atoms. The lowest BCUT2D eigenvalue weighted by Gasteiger charge is -2.31. The van der Waals surface area contributed by atoms with E-state index in [-0.39, 0.29) is 36.7 Å². The van der Waals surface area contributed by atoms with Gasteiger partial charge in [0.2, 0.25) is 11.8 Å². The minimum Gasteiger partial charge on any atom is -0.480 e. The Kier molecular flexibility index (Phi) is 9.90. The zero-order valence-electron chi connectivity index (χ0n) is 15.4. The first-order valence-corrected chi connectivity index (χ1v) is 9.15. The van der Waals surface area contributed by atoms with Gasteiger partial charge in [-0.1, -0.05) is 12.0 Å². The number of amides is 2. The van der Waals surface area contributed by atoms with Crippen molar-refractivity contribution in [1.82, 2.24) is 15.5 Å². The molecule has 2 aliphatic heterocycles. The van der Waals surface area contributed by atoms with Gasteiger partial charge < -0.3 is 20.6 Å². The highest BCUT2D eigenvalue weighted by molar-refractivity contribution is 5.88. The molecular formula is C19H28ClN3O4. The highest BCUT2D eigenvalue weighted by Gasteiger charge is 2.28. The van der Waals surface area contributed by atoms with Crippen LogP contribution in [0.25, 0.3) is 0 Å². The number of carbonyl (C=O) groups is 3. The van der Waals surface area contributed by atoms with Crippen molar-refractivity contribution in [1.29, 1.82) is 0 Å². The van der Waals surface area contributed by atoms with Gasteiger partial charge in [0.15, 0.2) is 0 Å². The molecule has 2 rings (SSSR count). The molecule has 2 aliphatic rings. The number of carbonyl (C=O) groups excluding carboxylic acids is 2. The van der Waals surface area contributed by atoms with Crippen LogP contribution in [0.3, 0.4) is 0 Å². The molecule has 0 radical (unpaired) electrons. The molecule has 0 aromatic heterocycles. The molecule has 7 nitrogen and oxygen atoms in total. The average molecular weight is 398 g/mol. The number of carboxylic acids is 1. The van der Waals surface area contributed by atoms with E-state index in [2.05, 4.69) is 16.6 Å². The smallest absolute Gasteiger partial charge is 0.320 e. The quantitative estimate of drug-likeness (QED) is 0.451. The lowest BCUT2D eigenvalue weighted by molar-refractivity contribution is -0.139. The van der Waals surface area contributed by atoms with Crippen LogP contribution in [0.4, 0.5) is 0 Å². The van der Waals surface area contributed by atoms with Crippen LogP contribution < -0.4 is 10.6 Å². The number of piperidine rings is 2. The summed E-state index contributed by atoms with van der Waals surface area (Å²) in [6, 6.07) is 0. The van der Waals surface area contributed by atoms with Crippen LogP contribution in [0.5, 0.6) is 0 Å². The van der Waals surface area contributed by atoms with Crippen LogP contribution in [-0.4, -0.2) is 60.5 Å². The van der Waals surface area contributed by atoms with E-state index in [4.69, 9.17) is 11.5 Å². The summed E-state index contributed by atoms with van der Waals surface area (Å²) >= 11 is 0. The van der Waals surface area contributed by atoms with E-state index < -0.39 is 11.9 Å². The van der Waals surface area contributed by atoms with Gasteiger partial charge in [0.25, 0.3) is 0 Å². The topological polar surface area (TPSA) is 98.7 Å².